The molecular formula is C19H36N4O2. The van der Waals surface area contributed by atoms with Crippen LogP contribution >= 0.6 is 0 Å². The second kappa shape index (κ2) is 11.5. The molecular weight excluding hydrogens is 316 g/mol. The van der Waals surface area contributed by atoms with Gasteiger partial charge in [0, 0.05) is 59.1 Å². The number of piperidine rings is 1. The molecule has 6 nitrogen and oxygen atoms in total. The van der Waals surface area contributed by atoms with Gasteiger partial charge < -0.3 is 20.1 Å². The molecule has 6 heteroatoms. The summed E-state index contributed by atoms with van der Waals surface area (Å²) >= 11 is 0. The highest BCUT2D eigenvalue weighted by molar-refractivity contribution is 5.79. The summed E-state index contributed by atoms with van der Waals surface area (Å²) in [6.07, 6.45) is 5.74. The lowest BCUT2D eigenvalue weighted by Gasteiger charge is -2.33. The van der Waals surface area contributed by atoms with Gasteiger partial charge in [-0.1, -0.05) is 12.2 Å². The molecule has 0 amide bonds. The van der Waals surface area contributed by atoms with Crippen molar-refractivity contribution in [2.75, 3.05) is 53.0 Å². The molecule has 0 aromatic rings. The summed E-state index contributed by atoms with van der Waals surface area (Å²) in [5.74, 6) is 0.907. The van der Waals surface area contributed by atoms with Crippen LogP contribution < -0.4 is 10.6 Å². The van der Waals surface area contributed by atoms with Crippen molar-refractivity contribution in [2.24, 2.45) is 4.99 Å². The minimum Gasteiger partial charge on any atom is -0.381 e. The first-order chi connectivity index (χ1) is 12.2. The van der Waals surface area contributed by atoms with Crippen molar-refractivity contribution in [3.63, 3.8) is 0 Å². The van der Waals surface area contributed by atoms with Crippen LogP contribution in [-0.2, 0) is 9.47 Å². The van der Waals surface area contributed by atoms with E-state index >= 15 is 0 Å². The van der Waals surface area contributed by atoms with Gasteiger partial charge in [-0.15, -0.1) is 0 Å². The Morgan fingerprint density at radius 2 is 1.96 bits per heavy atom. The van der Waals surface area contributed by atoms with Crippen LogP contribution in [0, 0.1) is 0 Å². The van der Waals surface area contributed by atoms with Gasteiger partial charge >= 0.3 is 0 Å². The first-order valence-electron chi connectivity index (χ1n) is 9.70. The molecule has 2 heterocycles. The molecule has 0 spiro atoms. The van der Waals surface area contributed by atoms with E-state index in [1.807, 2.05) is 7.05 Å². The van der Waals surface area contributed by atoms with Crippen molar-refractivity contribution in [2.45, 2.75) is 51.2 Å². The van der Waals surface area contributed by atoms with Gasteiger partial charge in [0.25, 0.3) is 0 Å². The third kappa shape index (κ3) is 8.21. The summed E-state index contributed by atoms with van der Waals surface area (Å²) in [5, 5.41) is 6.96. The Kier molecular flexibility index (Phi) is 9.29. The van der Waals surface area contributed by atoms with Crippen molar-refractivity contribution in [1.29, 1.82) is 0 Å². The zero-order valence-corrected chi connectivity index (χ0v) is 16.1. The minimum absolute atomic E-state index is 0.385. The van der Waals surface area contributed by atoms with Crippen LogP contribution in [0.25, 0.3) is 0 Å². The van der Waals surface area contributed by atoms with Crippen LogP contribution in [0.15, 0.2) is 17.1 Å². The number of nitrogens with zero attached hydrogens (tertiary/aromatic N) is 2. The zero-order chi connectivity index (χ0) is 17.9. The molecule has 2 saturated heterocycles. The summed E-state index contributed by atoms with van der Waals surface area (Å²) in [4.78, 5) is 6.82. The van der Waals surface area contributed by atoms with Gasteiger partial charge in [0.05, 0.1) is 6.10 Å². The SMILES string of the molecule is C=C(C)CN1CCC(NC(=NC)NCCCOC2CCOCC2)CC1. The zero-order valence-electron chi connectivity index (χ0n) is 16.1. The van der Waals surface area contributed by atoms with E-state index in [4.69, 9.17) is 9.47 Å². The van der Waals surface area contributed by atoms with Crippen molar-refractivity contribution >= 4 is 5.96 Å². The minimum atomic E-state index is 0.385. The van der Waals surface area contributed by atoms with Crippen LogP contribution in [0.1, 0.15) is 39.0 Å². The Morgan fingerprint density at radius 3 is 2.60 bits per heavy atom. The van der Waals surface area contributed by atoms with E-state index in [0.717, 1.165) is 84.1 Å². The van der Waals surface area contributed by atoms with E-state index in [-0.39, 0.29) is 0 Å². The summed E-state index contributed by atoms with van der Waals surface area (Å²) in [7, 11) is 1.84. The van der Waals surface area contributed by atoms with Crippen molar-refractivity contribution in [1.82, 2.24) is 15.5 Å². The summed E-state index contributed by atoms with van der Waals surface area (Å²) in [5.41, 5.74) is 1.24. The smallest absolute Gasteiger partial charge is 0.191 e. The molecule has 2 fully saturated rings. The maximum atomic E-state index is 5.90. The van der Waals surface area contributed by atoms with E-state index < -0.39 is 0 Å². The quantitative estimate of drug-likeness (QED) is 0.302. The van der Waals surface area contributed by atoms with Crippen LogP contribution in [0.5, 0.6) is 0 Å². The fraction of sp³-hybridized carbons (Fsp3) is 0.842. The largest absolute Gasteiger partial charge is 0.381 e. The average Bonchev–Trinajstić information content (AvgIpc) is 2.62. The maximum Gasteiger partial charge on any atom is 0.191 e. The average molecular weight is 353 g/mol. The van der Waals surface area contributed by atoms with Crippen molar-refractivity contribution in [3.05, 3.63) is 12.2 Å². The molecule has 0 atom stereocenters. The topological polar surface area (TPSA) is 58.1 Å². The molecule has 144 valence electrons. The molecule has 2 aliphatic heterocycles. The highest BCUT2D eigenvalue weighted by Gasteiger charge is 2.19. The standard InChI is InChI=1S/C19H36N4O2/c1-16(2)15-23-10-5-17(6-11-23)22-19(20-3)21-9-4-12-25-18-7-13-24-14-8-18/h17-18H,1,4-15H2,2-3H3,(H2,20,21,22). The Labute approximate surface area is 153 Å². The number of rotatable bonds is 8. The summed E-state index contributed by atoms with van der Waals surface area (Å²) < 4.78 is 11.2. The molecule has 2 N–H and O–H groups in total. The van der Waals surface area contributed by atoms with Gasteiger partial charge in [-0.3, -0.25) is 9.89 Å². The van der Waals surface area contributed by atoms with Gasteiger partial charge in [0.1, 0.15) is 0 Å². The first-order valence-corrected chi connectivity index (χ1v) is 9.70. The molecule has 25 heavy (non-hydrogen) atoms. The normalized spacial score (nSPS) is 21.3. The lowest BCUT2D eigenvalue weighted by molar-refractivity contribution is -0.0320. The number of nitrogens with one attached hydrogen (secondary N) is 2. The first kappa shape index (κ1) is 20.2. The van der Waals surface area contributed by atoms with Gasteiger partial charge in [-0.05, 0) is 39.0 Å². The van der Waals surface area contributed by atoms with Crippen LogP contribution in [0.2, 0.25) is 0 Å². The molecule has 0 aliphatic carbocycles. The molecule has 0 saturated carbocycles. The molecule has 0 aromatic heterocycles. The van der Waals surface area contributed by atoms with Gasteiger partial charge in [-0.2, -0.15) is 0 Å². The number of hydrogen-bond donors (Lipinski definition) is 2. The maximum absolute atomic E-state index is 5.90. The Morgan fingerprint density at radius 1 is 1.24 bits per heavy atom. The van der Waals surface area contributed by atoms with E-state index in [9.17, 15) is 0 Å². The third-order valence-corrected chi connectivity index (χ3v) is 4.78. The lowest BCUT2D eigenvalue weighted by Crippen LogP contribution is -2.49. The monoisotopic (exact) mass is 352 g/mol. The molecule has 0 unspecified atom stereocenters. The van der Waals surface area contributed by atoms with Crippen molar-refractivity contribution in [3.8, 4) is 0 Å². The van der Waals surface area contributed by atoms with Gasteiger partial charge in [-0.25, -0.2) is 0 Å². The van der Waals surface area contributed by atoms with Crippen molar-refractivity contribution < 1.29 is 9.47 Å². The summed E-state index contributed by atoms with van der Waals surface area (Å²) in [6, 6.07) is 0.506. The fourth-order valence-electron chi connectivity index (χ4n) is 3.38. The van der Waals surface area contributed by atoms with E-state index in [1.165, 1.54) is 5.57 Å². The lowest BCUT2D eigenvalue weighted by atomic mass is 10.0. The highest BCUT2D eigenvalue weighted by atomic mass is 16.5. The Hall–Kier alpha value is -1.11. The number of aliphatic imine (C=N–C) groups is 1. The summed E-state index contributed by atoms with van der Waals surface area (Å²) in [6.45, 7) is 12.7. The predicted octanol–water partition coefficient (Wildman–Crippen LogP) is 1.78. The molecule has 0 radical (unpaired) electrons. The Bertz CT molecular complexity index is 414. The van der Waals surface area contributed by atoms with Gasteiger partial charge in [0.15, 0.2) is 5.96 Å². The van der Waals surface area contributed by atoms with E-state index in [2.05, 4.69) is 34.0 Å². The predicted molar refractivity (Wildman–Crippen MR) is 103 cm³/mol. The number of guanidine groups is 1. The molecule has 0 bridgehead atoms. The number of likely N-dealkylation sites (tertiary alicyclic amines) is 1. The van der Waals surface area contributed by atoms with E-state index in [0.29, 0.717) is 12.1 Å². The second-order valence-electron chi connectivity index (χ2n) is 7.19. The van der Waals surface area contributed by atoms with Gasteiger partial charge in [0.2, 0.25) is 0 Å². The third-order valence-electron chi connectivity index (χ3n) is 4.78. The Balaban J connectivity index is 1.54. The van der Waals surface area contributed by atoms with Crippen LogP contribution in [0.3, 0.4) is 0 Å². The number of hydrogen-bond acceptors (Lipinski definition) is 4. The molecule has 0 aromatic carbocycles. The fourth-order valence-corrected chi connectivity index (χ4v) is 3.38. The number of ether oxygens (including phenoxy) is 2. The highest BCUT2D eigenvalue weighted by Crippen LogP contribution is 2.12. The van der Waals surface area contributed by atoms with Crippen LogP contribution in [-0.4, -0.2) is 76.1 Å². The van der Waals surface area contributed by atoms with E-state index in [1.54, 1.807) is 0 Å². The molecule has 2 rings (SSSR count). The van der Waals surface area contributed by atoms with Crippen LogP contribution in [0.4, 0.5) is 0 Å². The second-order valence-corrected chi connectivity index (χ2v) is 7.19. The molecule has 2 aliphatic rings.